The van der Waals surface area contributed by atoms with Gasteiger partial charge in [-0.2, -0.15) is 8.42 Å². The van der Waals surface area contributed by atoms with Crippen LogP contribution in [0, 0.1) is 0 Å². The Kier molecular flexibility index (Phi) is 7.58. The van der Waals surface area contributed by atoms with Crippen LogP contribution in [0.4, 0.5) is 0 Å². The molecule has 2 aromatic carbocycles. The molecule has 0 radical (unpaired) electrons. The fourth-order valence-corrected chi connectivity index (χ4v) is 2.42. The van der Waals surface area contributed by atoms with E-state index in [0.29, 0.717) is 6.42 Å². The molecular weight excluding hydrogens is 322 g/mol. The van der Waals surface area contributed by atoms with Crippen LogP contribution >= 0.6 is 0 Å². The van der Waals surface area contributed by atoms with E-state index in [4.69, 9.17) is 10.3 Å². The molecule has 1 atom stereocenters. The highest BCUT2D eigenvalue weighted by molar-refractivity contribution is 7.85. The SMILES string of the molecule is C=Cc1ccc(C=C)cc1.CC(N)Cc1ccc(S(=O)(=O)O)cc1. The van der Waals surface area contributed by atoms with Crippen molar-refractivity contribution in [3.8, 4) is 0 Å². The Morgan fingerprint density at radius 1 is 1.00 bits per heavy atom. The van der Waals surface area contributed by atoms with Crippen LogP contribution in [0.25, 0.3) is 12.2 Å². The molecule has 0 saturated carbocycles. The largest absolute Gasteiger partial charge is 0.328 e. The minimum absolute atomic E-state index is 0.0339. The summed E-state index contributed by atoms with van der Waals surface area (Å²) in [5.41, 5.74) is 8.82. The molecule has 3 N–H and O–H groups in total. The van der Waals surface area contributed by atoms with Crippen molar-refractivity contribution in [2.75, 3.05) is 0 Å². The maximum absolute atomic E-state index is 10.7. The van der Waals surface area contributed by atoms with Crippen molar-refractivity contribution in [3.05, 3.63) is 78.4 Å². The zero-order valence-electron chi connectivity index (χ0n) is 13.7. The third-order valence-corrected chi connectivity index (χ3v) is 4.05. The molecule has 0 bridgehead atoms. The molecule has 0 aromatic heterocycles. The predicted octanol–water partition coefficient (Wildman–Crippen LogP) is 3.80. The molecule has 5 heteroatoms. The van der Waals surface area contributed by atoms with Gasteiger partial charge < -0.3 is 5.73 Å². The average Bonchev–Trinajstić information content (AvgIpc) is 2.54. The summed E-state index contributed by atoms with van der Waals surface area (Å²) < 4.78 is 30.1. The highest BCUT2D eigenvalue weighted by atomic mass is 32.2. The summed E-state index contributed by atoms with van der Waals surface area (Å²) in [4.78, 5) is -0.0917. The quantitative estimate of drug-likeness (QED) is 0.808. The molecule has 1 unspecified atom stereocenters. The molecule has 0 amide bonds. The molecule has 2 aromatic rings. The molecule has 0 saturated heterocycles. The smallest absolute Gasteiger partial charge is 0.294 e. The standard InChI is InChI=1S/C10H10.C9H13NO3S/c1-3-9-5-7-10(4-2)8-6-9;1-7(10)6-8-2-4-9(5-3-8)14(11,12)13/h3-8H,1-2H2;2-5,7H,6,10H2,1H3,(H,11,12,13). The van der Waals surface area contributed by atoms with Crippen LogP contribution < -0.4 is 5.73 Å². The number of nitrogens with two attached hydrogens (primary N) is 1. The Balaban J connectivity index is 0.000000254. The van der Waals surface area contributed by atoms with Gasteiger partial charge in [-0.05, 0) is 42.2 Å². The minimum Gasteiger partial charge on any atom is -0.328 e. The third-order valence-electron chi connectivity index (χ3n) is 3.19. The maximum Gasteiger partial charge on any atom is 0.294 e. The Morgan fingerprint density at radius 2 is 1.42 bits per heavy atom. The molecule has 2 rings (SSSR count). The molecule has 0 fully saturated rings. The third kappa shape index (κ3) is 6.91. The first kappa shape index (κ1) is 19.8. The van der Waals surface area contributed by atoms with Crippen molar-refractivity contribution in [1.29, 1.82) is 0 Å². The van der Waals surface area contributed by atoms with E-state index in [9.17, 15) is 8.42 Å². The van der Waals surface area contributed by atoms with Gasteiger partial charge in [-0.15, -0.1) is 0 Å². The molecule has 0 aliphatic carbocycles. The Labute approximate surface area is 144 Å². The number of hydrogen-bond acceptors (Lipinski definition) is 3. The zero-order valence-corrected chi connectivity index (χ0v) is 14.5. The average molecular weight is 345 g/mol. The number of hydrogen-bond donors (Lipinski definition) is 2. The molecule has 24 heavy (non-hydrogen) atoms. The van der Waals surface area contributed by atoms with E-state index in [1.54, 1.807) is 12.1 Å². The molecule has 0 heterocycles. The highest BCUT2D eigenvalue weighted by Crippen LogP contribution is 2.11. The van der Waals surface area contributed by atoms with Crippen LogP contribution in [0.3, 0.4) is 0 Å². The van der Waals surface area contributed by atoms with Crippen molar-refractivity contribution < 1.29 is 13.0 Å². The van der Waals surface area contributed by atoms with Gasteiger partial charge in [-0.3, -0.25) is 4.55 Å². The van der Waals surface area contributed by atoms with Gasteiger partial charge >= 0.3 is 0 Å². The molecule has 0 spiro atoms. The fraction of sp³-hybridized carbons (Fsp3) is 0.158. The molecule has 0 aliphatic heterocycles. The summed E-state index contributed by atoms with van der Waals surface area (Å²) in [6, 6.07) is 14.1. The second-order valence-electron chi connectivity index (χ2n) is 5.38. The second-order valence-corrected chi connectivity index (χ2v) is 6.80. The lowest BCUT2D eigenvalue weighted by Gasteiger charge is -2.05. The monoisotopic (exact) mass is 345 g/mol. The lowest BCUT2D eigenvalue weighted by molar-refractivity contribution is 0.483. The van der Waals surface area contributed by atoms with E-state index in [1.807, 2.05) is 43.3 Å². The maximum atomic E-state index is 10.7. The van der Waals surface area contributed by atoms with Crippen LogP contribution in [0.5, 0.6) is 0 Å². The van der Waals surface area contributed by atoms with Crippen molar-refractivity contribution in [3.63, 3.8) is 0 Å². The normalized spacial score (nSPS) is 11.8. The summed E-state index contributed by atoms with van der Waals surface area (Å²) >= 11 is 0. The summed E-state index contributed by atoms with van der Waals surface area (Å²) in [7, 11) is -4.08. The zero-order chi connectivity index (χ0) is 18.2. The van der Waals surface area contributed by atoms with Gasteiger partial charge in [0.05, 0.1) is 4.90 Å². The molecule has 4 nitrogen and oxygen atoms in total. The molecular formula is C19H23NO3S. The fourth-order valence-electron chi connectivity index (χ4n) is 1.94. The van der Waals surface area contributed by atoms with E-state index in [1.165, 1.54) is 12.1 Å². The Morgan fingerprint density at radius 3 is 1.71 bits per heavy atom. The van der Waals surface area contributed by atoms with Gasteiger partial charge in [0, 0.05) is 6.04 Å². The Hall–Kier alpha value is -2.21. The number of rotatable bonds is 5. The van der Waals surface area contributed by atoms with Crippen LogP contribution in [-0.2, 0) is 16.5 Å². The number of benzene rings is 2. The van der Waals surface area contributed by atoms with Gasteiger partial charge in [0.1, 0.15) is 0 Å². The van der Waals surface area contributed by atoms with Gasteiger partial charge in [-0.25, -0.2) is 0 Å². The second kappa shape index (κ2) is 9.17. The van der Waals surface area contributed by atoms with Crippen LogP contribution in [0.2, 0.25) is 0 Å². The predicted molar refractivity (Wildman–Crippen MR) is 100 cm³/mol. The summed E-state index contributed by atoms with van der Waals surface area (Å²) in [6.07, 6.45) is 4.34. The van der Waals surface area contributed by atoms with Gasteiger partial charge in [-0.1, -0.05) is 61.7 Å². The van der Waals surface area contributed by atoms with Crippen molar-refractivity contribution in [1.82, 2.24) is 0 Å². The van der Waals surface area contributed by atoms with Crippen molar-refractivity contribution >= 4 is 22.3 Å². The molecule has 0 aliphatic rings. The highest BCUT2D eigenvalue weighted by Gasteiger charge is 2.08. The van der Waals surface area contributed by atoms with Crippen molar-refractivity contribution in [2.45, 2.75) is 24.3 Å². The summed E-state index contributed by atoms with van der Waals surface area (Å²) in [6.45, 7) is 9.19. The van der Waals surface area contributed by atoms with Gasteiger partial charge in [0.15, 0.2) is 0 Å². The lowest BCUT2D eigenvalue weighted by atomic mass is 10.1. The van der Waals surface area contributed by atoms with Gasteiger partial charge in [0.25, 0.3) is 10.1 Å². The van der Waals surface area contributed by atoms with Crippen LogP contribution in [0.15, 0.2) is 66.6 Å². The first-order valence-electron chi connectivity index (χ1n) is 7.43. The first-order chi connectivity index (χ1) is 11.3. The minimum atomic E-state index is -4.08. The van der Waals surface area contributed by atoms with Crippen LogP contribution in [-0.4, -0.2) is 19.0 Å². The summed E-state index contributed by atoms with van der Waals surface area (Å²) in [5.74, 6) is 0. The van der Waals surface area contributed by atoms with E-state index in [2.05, 4.69) is 13.2 Å². The lowest BCUT2D eigenvalue weighted by Crippen LogP contribution is -2.17. The molecule has 128 valence electrons. The topological polar surface area (TPSA) is 80.4 Å². The van der Waals surface area contributed by atoms with Crippen LogP contribution in [0.1, 0.15) is 23.6 Å². The van der Waals surface area contributed by atoms with E-state index < -0.39 is 10.1 Å². The van der Waals surface area contributed by atoms with E-state index in [0.717, 1.165) is 16.7 Å². The van der Waals surface area contributed by atoms with Crippen molar-refractivity contribution in [2.24, 2.45) is 5.73 Å². The Bertz CT molecular complexity index is 734. The van der Waals surface area contributed by atoms with E-state index >= 15 is 0 Å². The van der Waals surface area contributed by atoms with E-state index in [-0.39, 0.29) is 10.9 Å². The summed E-state index contributed by atoms with van der Waals surface area (Å²) in [5, 5.41) is 0. The first-order valence-corrected chi connectivity index (χ1v) is 8.87. The van der Waals surface area contributed by atoms with Gasteiger partial charge in [0.2, 0.25) is 0 Å².